The SMILES string of the molecule is Cc1cc(C)nc(C2CCNCC2)n1. The number of piperidine rings is 1. The van der Waals surface area contributed by atoms with Crippen molar-refractivity contribution in [3.63, 3.8) is 0 Å². The Morgan fingerprint density at radius 2 is 1.71 bits per heavy atom. The Balaban J connectivity index is 2.21. The molecule has 3 heteroatoms. The molecule has 1 fully saturated rings. The van der Waals surface area contributed by atoms with Crippen molar-refractivity contribution in [2.24, 2.45) is 0 Å². The van der Waals surface area contributed by atoms with Crippen molar-refractivity contribution in [1.29, 1.82) is 0 Å². The largest absolute Gasteiger partial charge is 0.317 e. The van der Waals surface area contributed by atoms with Gasteiger partial charge in [-0.05, 0) is 45.8 Å². The molecule has 0 amide bonds. The average molecular weight is 191 g/mol. The topological polar surface area (TPSA) is 37.8 Å². The lowest BCUT2D eigenvalue weighted by atomic mass is 9.97. The first kappa shape index (κ1) is 9.59. The molecule has 1 aromatic heterocycles. The average Bonchev–Trinajstić information content (AvgIpc) is 2.18. The van der Waals surface area contributed by atoms with Gasteiger partial charge in [-0.1, -0.05) is 0 Å². The highest BCUT2D eigenvalue weighted by atomic mass is 14.9. The monoisotopic (exact) mass is 191 g/mol. The molecule has 0 atom stereocenters. The fraction of sp³-hybridized carbons (Fsp3) is 0.636. The smallest absolute Gasteiger partial charge is 0.132 e. The van der Waals surface area contributed by atoms with Gasteiger partial charge in [0.15, 0.2) is 0 Å². The summed E-state index contributed by atoms with van der Waals surface area (Å²) < 4.78 is 0. The van der Waals surface area contributed by atoms with Crippen LogP contribution in [0, 0.1) is 13.8 Å². The molecule has 0 aromatic carbocycles. The standard InChI is InChI=1S/C11H17N3/c1-8-7-9(2)14-11(13-8)10-3-5-12-6-4-10/h7,10,12H,3-6H2,1-2H3. The second kappa shape index (κ2) is 4.05. The van der Waals surface area contributed by atoms with Crippen LogP contribution in [0.3, 0.4) is 0 Å². The molecular formula is C11H17N3. The zero-order valence-electron chi connectivity index (χ0n) is 8.88. The van der Waals surface area contributed by atoms with Crippen LogP contribution in [0.15, 0.2) is 6.07 Å². The van der Waals surface area contributed by atoms with Crippen molar-refractivity contribution >= 4 is 0 Å². The molecule has 0 radical (unpaired) electrons. The quantitative estimate of drug-likeness (QED) is 0.732. The molecule has 0 spiro atoms. The van der Waals surface area contributed by atoms with Crippen molar-refractivity contribution in [1.82, 2.24) is 15.3 Å². The third-order valence-corrected chi connectivity index (χ3v) is 2.70. The molecule has 2 heterocycles. The number of aryl methyl sites for hydroxylation is 2. The van der Waals surface area contributed by atoms with Crippen LogP contribution in [-0.2, 0) is 0 Å². The van der Waals surface area contributed by atoms with Gasteiger partial charge in [-0.3, -0.25) is 0 Å². The van der Waals surface area contributed by atoms with Gasteiger partial charge in [-0.2, -0.15) is 0 Å². The van der Waals surface area contributed by atoms with Gasteiger partial charge in [0.2, 0.25) is 0 Å². The van der Waals surface area contributed by atoms with Crippen molar-refractivity contribution in [3.8, 4) is 0 Å². The highest BCUT2D eigenvalue weighted by Gasteiger charge is 2.17. The van der Waals surface area contributed by atoms with E-state index in [9.17, 15) is 0 Å². The van der Waals surface area contributed by atoms with Crippen molar-refractivity contribution in [3.05, 3.63) is 23.3 Å². The minimum Gasteiger partial charge on any atom is -0.317 e. The normalized spacial score (nSPS) is 18.4. The van der Waals surface area contributed by atoms with Crippen LogP contribution in [-0.4, -0.2) is 23.1 Å². The lowest BCUT2D eigenvalue weighted by Gasteiger charge is -2.21. The van der Waals surface area contributed by atoms with Crippen molar-refractivity contribution < 1.29 is 0 Å². The molecular weight excluding hydrogens is 174 g/mol. The van der Waals surface area contributed by atoms with Crippen molar-refractivity contribution in [2.75, 3.05) is 13.1 Å². The number of nitrogens with one attached hydrogen (secondary N) is 1. The second-order valence-corrected chi connectivity index (χ2v) is 4.03. The summed E-state index contributed by atoms with van der Waals surface area (Å²) in [4.78, 5) is 9.04. The summed E-state index contributed by atoms with van der Waals surface area (Å²) in [6.07, 6.45) is 2.34. The molecule has 1 aliphatic rings. The van der Waals surface area contributed by atoms with Crippen LogP contribution >= 0.6 is 0 Å². The predicted molar refractivity (Wildman–Crippen MR) is 56.4 cm³/mol. The Morgan fingerprint density at radius 3 is 2.29 bits per heavy atom. The van der Waals surface area contributed by atoms with E-state index in [0.29, 0.717) is 5.92 Å². The number of aromatic nitrogens is 2. The second-order valence-electron chi connectivity index (χ2n) is 4.03. The number of hydrogen-bond acceptors (Lipinski definition) is 3. The lowest BCUT2D eigenvalue weighted by Crippen LogP contribution is -2.27. The molecule has 1 aliphatic heterocycles. The lowest BCUT2D eigenvalue weighted by molar-refractivity contribution is 0.443. The maximum absolute atomic E-state index is 4.52. The molecule has 76 valence electrons. The fourth-order valence-corrected chi connectivity index (χ4v) is 2.02. The molecule has 1 N–H and O–H groups in total. The summed E-state index contributed by atoms with van der Waals surface area (Å²) >= 11 is 0. The summed E-state index contributed by atoms with van der Waals surface area (Å²) in [6, 6.07) is 2.03. The molecule has 0 saturated carbocycles. The molecule has 14 heavy (non-hydrogen) atoms. The third kappa shape index (κ3) is 2.10. The zero-order chi connectivity index (χ0) is 9.97. The Morgan fingerprint density at radius 1 is 1.14 bits per heavy atom. The minimum absolute atomic E-state index is 0.565. The Hall–Kier alpha value is -0.960. The first-order valence-corrected chi connectivity index (χ1v) is 5.28. The first-order valence-electron chi connectivity index (χ1n) is 5.28. The highest BCUT2D eigenvalue weighted by molar-refractivity contribution is 5.11. The van der Waals surface area contributed by atoms with E-state index in [1.54, 1.807) is 0 Å². The van der Waals surface area contributed by atoms with Gasteiger partial charge in [0, 0.05) is 17.3 Å². The van der Waals surface area contributed by atoms with Crippen LogP contribution in [0.25, 0.3) is 0 Å². The maximum Gasteiger partial charge on any atom is 0.132 e. The molecule has 3 nitrogen and oxygen atoms in total. The van der Waals surface area contributed by atoms with Crippen LogP contribution in [0.5, 0.6) is 0 Å². The number of rotatable bonds is 1. The number of nitrogens with zero attached hydrogens (tertiary/aromatic N) is 2. The maximum atomic E-state index is 4.52. The van der Waals surface area contributed by atoms with E-state index in [1.807, 2.05) is 19.9 Å². The minimum atomic E-state index is 0.565. The van der Waals surface area contributed by atoms with E-state index in [0.717, 1.165) is 30.3 Å². The van der Waals surface area contributed by atoms with Crippen LogP contribution in [0.2, 0.25) is 0 Å². The summed E-state index contributed by atoms with van der Waals surface area (Å²) in [5, 5.41) is 3.36. The molecule has 0 bridgehead atoms. The molecule has 1 aromatic rings. The van der Waals surface area contributed by atoms with E-state index in [-0.39, 0.29) is 0 Å². The summed E-state index contributed by atoms with van der Waals surface area (Å²) in [7, 11) is 0. The number of hydrogen-bond donors (Lipinski definition) is 1. The van der Waals surface area contributed by atoms with Crippen LogP contribution in [0.1, 0.15) is 36.0 Å². The Kier molecular flexibility index (Phi) is 2.77. The van der Waals surface area contributed by atoms with Crippen molar-refractivity contribution in [2.45, 2.75) is 32.6 Å². The van der Waals surface area contributed by atoms with Gasteiger partial charge in [0.1, 0.15) is 5.82 Å². The Bertz CT molecular complexity index is 296. The fourth-order valence-electron chi connectivity index (χ4n) is 2.02. The van der Waals surface area contributed by atoms with E-state index in [1.165, 1.54) is 12.8 Å². The van der Waals surface area contributed by atoms with Gasteiger partial charge < -0.3 is 5.32 Å². The van der Waals surface area contributed by atoms with Crippen LogP contribution < -0.4 is 5.32 Å². The third-order valence-electron chi connectivity index (χ3n) is 2.70. The zero-order valence-corrected chi connectivity index (χ0v) is 8.88. The van der Waals surface area contributed by atoms with E-state index in [2.05, 4.69) is 15.3 Å². The van der Waals surface area contributed by atoms with Gasteiger partial charge in [-0.25, -0.2) is 9.97 Å². The molecule has 1 saturated heterocycles. The van der Waals surface area contributed by atoms with Gasteiger partial charge >= 0.3 is 0 Å². The highest BCUT2D eigenvalue weighted by Crippen LogP contribution is 2.22. The van der Waals surface area contributed by atoms with Gasteiger partial charge in [0.05, 0.1) is 0 Å². The Labute approximate surface area is 85.0 Å². The molecule has 2 rings (SSSR count). The summed E-state index contributed by atoms with van der Waals surface area (Å²) in [5.74, 6) is 1.61. The van der Waals surface area contributed by atoms with E-state index >= 15 is 0 Å². The molecule has 0 unspecified atom stereocenters. The van der Waals surface area contributed by atoms with Gasteiger partial charge in [-0.15, -0.1) is 0 Å². The van der Waals surface area contributed by atoms with Gasteiger partial charge in [0.25, 0.3) is 0 Å². The summed E-state index contributed by atoms with van der Waals surface area (Å²) in [6.45, 7) is 6.28. The van der Waals surface area contributed by atoms with E-state index in [4.69, 9.17) is 0 Å². The summed E-state index contributed by atoms with van der Waals surface area (Å²) in [5.41, 5.74) is 2.18. The van der Waals surface area contributed by atoms with Crippen LogP contribution in [0.4, 0.5) is 0 Å². The van der Waals surface area contributed by atoms with E-state index < -0.39 is 0 Å². The first-order chi connectivity index (χ1) is 6.75. The molecule has 0 aliphatic carbocycles. The predicted octanol–water partition coefficient (Wildman–Crippen LogP) is 1.56.